The number of hydrogen-bond acceptors (Lipinski definition) is 3. The van der Waals surface area contributed by atoms with Crippen LogP contribution in [0.5, 0.6) is 0 Å². The summed E-state index contributed by atoms with van der Waals surface area (Å²) in [5, 5.41) is 3.49. The molecule has 0 atom stereocenters. The molecule has 2 saturated heterocycles. The number of benzene rings is 1. The minimum atomic E-state index is -0.168. The van der Waals surface area contributed by atoms with Gasteiger partial charge < -0.3 is 14.8 Å². The van der Waals surface area contributed by atoms with Crippen LogP contribution in [0, 0.1) is 0 Å². The first-order valence-corrected chi connectivity index (χ1v) is 8.49. The van der Waals surface area contributed by atoms with Gasteiger partial charge in [0.2, 0.25) is 0 Å². The highest BCUT2D eigenvalue weighted by Crippen LogP contribution is 2.53. The number of nitrogens with one attached hydrogen (secondary N) is 1. The molecule has 1 aliphatic carbocycles. The average Bonchev–Trinajstić information content (AvgIpc) is 2.73. The molecule has 2 aliphatic heterocycles. The van der Waals surface area contributed by atoms with Crippen molar-refractivity contribution in [3.63, 3.8) is 0 Å². The minimum Gasteiger partial charge on any atom is -0.320 e. The smallest absolute Gasteiger partial charge is 0.183 e. The molecule has 2 heterocycles. The number of halogens is 1. The lowest BCUT2D eigenvalue weighted by molar-refractivity contribution is -0.354. The number of rotatable bonds is 1. The second-order valence-corrected chi connectivity index (χ2v) is 7.12. The fraction of sp³-hybridized carbons (Fsp3) is 0.529. The summed E-state index contributed by atoms with van der Waals surface area (Å²) in [5.74, 6) is 0. The molecule has 4 rings (SSSR count). The normalized spacial score (nSPS) is 32.2. The number of ether oxygens (including phenoxy) is 2. The lowest BCUT2D eigenvalue weighted by Gasteiger charge is -2.35. The Morgan fingerprint density at radius 2 is 2.05 bits per heavy atom. The van der Waals surface area contributed by atoms with Crippen LogP contribution in [0.4, 0.5) is 0 Å². The van der Waals surface area contributed by atoms with Crippen LogP contribution in [0.2, 0.25) is 0 Å². The molecular formula is C17H20BrNO2. The van der Waals surface area contributed by atoms with Crippen molar-refractivity contribution in [2.45, 2.75) is 44.2 Å². The van der Waals surface area contributed by atoms with E-state index in [1.54, 1.807) is 0 Å². The Morgan fingerprint density at radius 3 is 2.76 bits per heavy atom. The summed E-state index contributed by atoms with van der Waals surface area (Å²) in [6.07, 6.45) is 5.43. The molecule has 0 amide bonds. The van der Waals surface area contributed by atoms with Crippen LogP contribution in [0.1, 0.15) is 37.3 Å². The number of piperidine rings is 1. The Morgan fingerprint density at radius 1 is 1.29 bits per heavy atom. The Bertz CT molecular complexity index is 586. The van der Waals surface area contributed by atoms with Gasteiger partial charge in [0.05, 0.1) is 0 Å². The minimum absolute atomic E-state index is 0.0666. The quantitative estimate of drug-likeness (QED) is 0.840. The third-order valence-corrected chi connectivity index (χ3v) is 5.63. The van der Waals surface area contributed by atoms with E-state index in [4.69, 9.17) is 9.47 Å². The predicted octanol–water partition coefficient (Wildman–Crippen LogP) is 3.58. The van der Waals surface area contributed by atoms with E-state index in [1.165, 1.54) is 34.0 Å². The van der Waals surface area contributed by atoms with Gasteiger partial charge in [-0.2, -0.15) is 0 Å². The summed E-state index contributed by atoms with van der Waals surface area (Å²) >= 11 is 3.78. The topological polar surface area (TPSA) is 30.5 Å². The van der Waals surface area contributed by atoms with Gasteiger partial charge in [-0.15, -0.1) is 0 Å². The monoisotopic (exact) mass is 349 g/mol. The highest BCUT2D eigenvalue weighted by molar-refractivity contribution is 9.10. The van der Waals surface area contributed by atoms with Gasteiger partial charge in [0, 0.05) is 9.89 Å². The van der Waals surface area contributed by atoms with Crippen LogP contribution in [0.3, 0.4) is 0 Å². The fourth-order valence-corrected chi connectivity index (χ4v) is 4.78. The Labute approximate surface area is 133 Å². The highest BCUT2D eigenvalue weighted by Gasteiger charge is 2.43. The molecule has 0 unspecified atom stereocenters. The van der Waals surface area contributed by atoms with Crippen LogP contribution < -0.4 is 5.32 Å². The molecule has 0 radical (unpaired) electrons. The van der Waals surface area contributed by atoms with E-state index in [1.807, 2.05) is 6.92 Å². The van der Waals surface area contributed by atoms with Crippen LogP contribution in [-0.4, -0.2) is 25.7 Å². The zero-order valence-electron chi connectivity index (χ0n) is 12.2. The maximum Gasteiger partial charge on any atom is 0.183 e. The van der Waals surface area contributed by atoms with Crippen molar-refractivity contribution < 1.29 is 9.47 Å². The zero-order valence-corrected chi connectivity index (χ0v) is 13.8. The Balaban J connectivity index is 1.75. The summed E-state index contributed by atoms with van der Waals surface area (Å²) in [6, 6.07) is 6.54. The van der Waals surface area contributed by atoms with E-state index >= 15 is 0 Å². The van der Waals surface area contributed by atoms with Gasteiger partial charge in [-0.3, -0.25) is 0 Å². The standard InChI is InChI=1S/C17H20BrNO2/c1-11-20-15(21-11)9-12-10-17(5-7-19-8-6-17)16-13(12)3-2-4-14(16)18/h2-4,9,11,15,19H,5-8,10H2,1H3/b12-9-. The number of fused-ring (bicyclic) bond motifs is 2. The van der Waals surface area contributed by atoms with Gasteiger partial charge in [0.25, 0.3) is 0 Å². The second kappa shape index (κ2) is 5.20. The lowest BCUT2D eigenvalue weighted by Crippen LogP contribution is -2.38. The van der Waals surface area contributed by atoms with Gasteiger partial charge in [-0.05, 0) is 68.1 Å². The van der Waals surface area contributed by atoms with E-state index < -0.39 is 0 Å². The summed E-state index contributed by atoms with van der Waals surface area (Å²) in [7, 11) is 0. The molecule has 0 saturated carbocycles. The Kier molecular flexibility index (Phi) is 3.45. The van der Waals surface area contributed by atoms with Gasteiger partial charge in [0.15, 0.2) is 12.6 Å². The highest BCUT2D eigenvalue weighted by atomic mass is 79.9. The van der Waals surface area contributed by atoms with E-state index in [9.17, 15) is 0 Å². The van der Waals surface area contributed by atoms with Crippen molar-refractivity contribution in [1.29, 1.82) is 0 Å². The molecule has 0 bridgehead atoms. The lowest BCUT2D eigenvalue weighted by atomic mass is 9.74. The Hall–Kier alpha value is -0.680. The third kappa shape index (κ3) is 2.29. The molecule has 4 heteroatoms. The molecule has 1 aromatic carbocycles. The van der Waals surface area contributed by atoms with E-state index in [-0.39, 0.29) is 18.0 Å². The maximum absolute atomic E-state index is 5.60. The van der Waals surface area contributed by atoms with Crippen LogP contribution in [0.15, 0.2) is 28.7 Å². The zero-order chi connectivity index (χ0) is 14.4. The molecule has 3 nitrogen and oxygen atoms in total. The summed E-state index contributed by atoms with van der Waals surface area (Å²) in [6.45, 7) is 4.13. The summed E-state index contributed by atoms with van der Waals surface area (Å²) in [4.78, 5) is 0. The molecule has 3 aliphatic rings. The fourth-order valence-electron chi connectivity index (χ4n) is 3.99. The van der Waals surface area contributed by atoms with Gasteiger partial charge in [-0.25, -0.2) is 0 Å². The van der Waals surface area contributed by atoms with Crippen molar-refractivity contribution in [2.24, 2.45) is 0 Å². The SMILES string of the molecule is CC1OC(/C=C2/CC3(CCNCC3)c3c(Br)cccc32)O1. The molecule has 21 heavy (non-hydrogen) atoms. The molecule has 0 aromatic heterocycles. The summed E-state index contributed by atoms with van der Waals surface area (Å²) < 4.78 is 12.4. The van der Waals surface area contributed by atoms with Gasteiger partial charge in [-0.1, -0.05) is 28.1 Å². The first kappa shape index (κ1) is 13.9. The molecule has 1 aromatic rings. The number of hydrogen-bond donors (Lipinski definition) is 1. The van der Waals surface area contributed by atoms with Crippen molar-refractivity contribution >= 4 is 21.5 Å². The largest absolute Gasteiger partial charge is 0.320 e. The molecule has 1 spiro atoms. The van der Waals surface area contributed by atoms with Crippen LogP contribution in [-0.2, 0) is 14.9 Å². The van der Waals surface area contributed by atoms with E-state index in [2.05, 4.69) is 45.5 Å². The van der Waals surface area contributed by atoms with Crippen molar-refractivity contribution in [2.75, 3.05) is 13.1 Å². The van der Waals surface area contributed by atoms with Crippen molar-refractivity contribution in [3.8, 4) is 0 Å². The molecule has 1 N–H and O–H groups in total. The maximum atomic E-state index is 5.60. The van der Waals surface area contributed by atoms with E-state index in [0.29, 0.717) is 0 Å². The van der Waals surface area contributed by atoms with Crippen molar-refractivity contribution in [3.05, 3.63) is 39.9 Å². The molecule has 112 valence electrons. The van der Waals surface area contributed by atoms with Gasteiger partial charge >= 0.3 is 0 Å². The molecular weight excluding hydrogens is 330 g/mol. The number of allylic oxidation sites excluding steroid dienone is 1. The second-order valence-electron chi connectivity index (χ2n) is 6.27. The van der Waals surface area contributed by atoms with Crippen LogP contribution >= 0.6 is 15.9 Å². The third-order valence-electron chi connectivity index (χ3n) is 4.97. The van der Waals surface area contributed by atoms with Gasteiger partial charge in [0.1, 0.15) is 0 Å². The summed E-state index contributed by atoms with van der Waals surface area (Å²) in [5.41, 5.74) is 4.52. The predicted molar refractivity (Wildman–Crippen MR) is 85.9 cm³/mol. The molecule has 2 fully saturated rings. The first-order valence-electron chi connectivity index (χ1n) is 7.70. The van der Waals surface area contributed by atoms with E-state index in [0.717, 1.165) is 19.5 Å². The van der Waals surface area contributed by atoms with Crippen molar-refractivity contribution in [1.82, 2.24) is 5.32 Å². The van der Waals surface area contributed by atoms with Crippen LogP contribution in [0.25, 0.3) is 5.57 Å². The average molecular weight is 350 g/mol. The first-order chi connectivity index (χ1) is 10.2.